The maximum atomic E-state index is 12.8. The summed E-state index contributed by atoms with van der Waals surface area (Å²) in [6, 6.07) is 5.23. The molecule has 4 nitrogen and oxygen atoms in total. The Morgan fingerprint density at radius 1 is 1.67 bits per heavy atom. The third-order valence-corrected chi connectivity index (χ3v) is 1.88. The SMILES string of the molecule is CONC(=O)C(N)Cc1cccc(F)c1. The molecule has 0 bridgehead atoms. The molecule has 1 aromatic carbocycles. The van der Waals surface area contributed by atoms with Crippen molar-refractivity contribution in [2.75, 3.05) is 7.11 Å². The first-order chi connectivity index (χ1) is 7.13. The summed E-state index contributed by atoms with van der Waals surface area (Å²) in [6.45, 7) is 0. The number of carbonyl (C=O) groups is 1. The van der Waals surface area contributed by atoms with E-state index in [1.165, 1.54) is 19.2 Å². The maximum Gasteiger partial charge on any atom is 0.260 e. The highest BCUT2D eigenvalue weighted by atomic mass is 19.1. The van der Waals surface area contributed by atoms with E-state index in [1.54, 1.807) is 12.1 Å². The van der Waals surface area contributed by atoms with Gasteiger partial charge in [0.05, 0.1) is 13.2 Å². The number of rotatable bonds is 4. The van der Waals surface area contributed by atoms with Crippen LogP contribution in [0.5, 0.6) is 0 Å². The van der Waals surface area contributed by atoms with Gasteiger partial charge in [-0.1, -0.05) is 12.1 Å². The van der Waals surface area contributed by atoms with Gasteiger partial charge < -0.3 is 5.73 Å². The van der Waals surface area contributed by atoms with Crippen LogP contribution in [0.3, 0.4) is 0 Å². The molecule has 0 spiro atoms. The van der Waals surface area contributed by atoms with Crippen molar-refractivity contribution in [3.63, 3.8) is 0 Å². The van der Waals surface area contributed by atoms with E-state index in [9.17, 15) is 9.18 Å². The number of amides is 1. The molecule has 3 N–H and O–H groups in total. The topological polar surface area (TPSA) is 64.3 Å². The van der Waals surface area contributed by atoms with Crippen molar-refractivity contribution >= 4 is 5.91 Å². The molecule has 0 fully saturated rings. The third-order valence-electron chi connectivity index (χ3n) is 1.88. The van der Waals surface area contributed by atoms with E-state index >= 15 is 0 Å². The van der Waals surface area contributed by atoms with Gasteiger partial charge in [0, 0.05) is 0 Å². The number of halogens is 1. The van der Waals surface area contributed by atoms with Crippen LogP contribution < -0.4 is 11.2 Å². The minimum absolute atomic E-state index is 0.271. The lowest BCUT2D eigenvalue weighted by atomic mass is 10.1. The second-order valence-electron chi connectivity index (χ2n) is 3.11. The Kier molecular flexibility index (Phi) is 4.20. The molecule has 1 rings (SSSR count). The first-order valence-electron chi connectivity index (χ1n) is 4.46. The summed E-state index contributed by atoms with van der Waals surface area (Å²) in [4.78, 5) is 15.6. The number of hydroxylamine groups is 1. The van der Waals surface area contributed by atoms with Crippen LogP contribution in [-0.4, -0.2) is 19.1 Å². The van der Waals surface area contributed by atoms with Gasteiger partial charge in [0.1, 0.15) is 5.82 Å². The van der Waals surface area contributed by atoms with Crippen molar-refractivity contribution in [3.05, 3.63) is 35.6 Å². The second kappa shape index (κ2) is 5.43. The fraction of sp³-hybridized carbons (Fsp3) is 0.300. The van der Waals surface area contributed by atoms with Crippen LogP contribution in [0.1, 0.15) is 5.56 Å². The van der Waals surface area contributed by atoms with Crippen LogP contribution in [0, 0.1) is 5.82 Å². The highest BCUT2D eigenvalue weighted by Gasteiger charge is 2.13. The summed E-state index contributed by atoms with van der Waals surface area (Å²) in [7, 11) is 1.33. The molecule has 0 saturated heterocycles. The standard InChI is InChI=1S/C10H13FN2O2/c1-15-13-10(14)9(12)6-7-3-2-4-8(11)5-7/h2-5,9H,6,12H2,1H3,(H,13,14). The number of carbonyl (C=O) groups excluding carboxylic acids is 1. The summed E-state index contributed by atoms with van der Waals surface area (Å²) < 4.78 is 12.8. The number of hydrogen-bond acceptors (Lipinski definition) is 3. The lowest BCUT2D eigenvalue weighted by molar-refractivity contribution is -0.132. The van der Waals surface area contributed by atoms with E-state index in [1.807, 2.05) is 0 Å². The zero-order chi connectivity index (χ0) is 11.3. The van der Waals surface area contributed by atoms with Crippen molar-refractivity contribution < 1.29 is 14.0 Å². The number of nitrogens with two attached hydrogens (primary N) is 1. The van der Waals surface area contributed by atoms with Crippen molar-refractivity contribution in [1.29, 1.82) is 0 Å². The molecule has 0 aliphatic carbocycles. The normalized spacial score (nSPS) is 12.2. The highest BCUT2D eigenvalue weighted by Crippen LogP contribution is 2.05. The molecule has 1 unspecified atom stereocenters. The van der Waals surface area contributed by atoms with Crippen LogP contribution >= 0.6 is 0 Å². The molecule has 15 heavy (non-hydrogen) atoms. The van der Waals surface area contributed by atoms with Crippen molar-refractivity contribution in [3.8, 4) is 0 Å². The van der Waals surface area contributed by atoms with Crippen LogP contribution in [0.15, 0.2) is 24.3 Å². The molecule has 0 aliphatic rings. The molecular weight excluding hydrogens is 199 g/mol. The Hall–Kier alpha value is -1.46. The van der Waals surface area contributed by atoms with Crippen molar-refractivity contribution in [1.82, 2.24) is 5.48 Å². The Balaban J connectivity index is 2.58. The molecule has 1 aromatic rings. The first kappa shape index (κ1) is 11.6. The van der Waals surface area contributed by atoms with Gasteiger partial charge in [-0.05, 0) is 24.1 Å². The monoisotopic (exact) mass is 212 g/mol. The second-order valence-corrected chi connectivity index (χ2v) is 3.11. The predicted octanol–water partition coefficient (Wildman–Crippen LogP) is 0.373. The van der Waals surface area contributed by atoms with Gasteiger partial charge in [-0.2, -0.15) is 0 Å². The zero-order valence-corrected chi connectivity index (χ0v) is 8.37. The quantitative estimate of drug-likeness (QED) is 0.709. The van der Waals surface area contributed by atoms with E-state index < -0.39 is 11.9 Å². The molecule has 82 valence electrons. The zero-order valence-electron chi connectivity index (χ0n) is 8.37. The summed E-state index contributed by atoms with van der Waals surface area (Å²) in [5.41, 5.74) is 8.37. The fourth-order valence-corrected chi connectivity index (χ4v) is 1.19. The van der Waals surface area contributed by atoms with E-state index in [4.69, 9.17) is 5.73 Å². The van der Waals surface area contributed by atoms with Crippen LogP contribution in [0.2, 0.25) is 0 Å². The average Bonchev–Trinajstić information content (AvgIpc) is 2.18. The van der Waals surface area contributed by atoms with E-state index in [-0.39, 0.29) is 12.2 Å². The summed E-state index contributed by atoms with van der Waals surface area (Å²) >= 11 is 0. The third kappa shape index (κ3) is 3.65. The van der Waals surface area contributed by atoms with Crippen LogP contribution in [-0.2, 0) is 16.1 Å². The number of nitrogens with one attached hydrogen (secondary N) is 1. The Morgan fingerprint density at radius 3 is 3.00 bits per heavy atom. The van der Waals surface area contributed by atoms with Gasteiger partial charge in [0.2, 0.25) is 0 Å². The molecule has 5 heteroatoms. The smallest absolute Gasteiger partial charge is 0.260 e. The predicted molar refractivity (Wildman–Crippen MR) is 53.2 cm³/mol. The molecule has 0 heterocycles. The van der Waals surface area contributed by atoms with Gasteiger partial charge in [0.25, 0.3) is 5.91 Å². The van der Waals surface area contributed by atoms with Crippen molar-refractivity contribution in [2.45, 2.75) is 12.5 Å². The molecule has 1 atom stereocenters. The Labute approximate surface area is 87.2 Å². The van der Waals surface area contributed by atoms with E-state index in [2.05, 4.69) is 10.3 Å². The lowest BCUT2D eigenvalue weighted by Crippen LogP contribution is -2.41. The fourth-order valence-electron chi connectivity index (χ4n) is 1.19. The van der Waals surface area contributed by atoms with E-state index in [0.29, 0.717) is 5.56 Å². The first-order valence-corrected chi connectivity index (χ1v) is 4.46. The molecular formula is C10H13FN2O2. The van der Waals surface area contributed by atoms with Crippen LogP contribution in [0.25, 0.3) is 0 Å². The van der Waals surface area contributed by atoms with Gasteiger partial charge in [-0.15, -0.1) is 0 Å². The molecule has 0 saturated carbocycles. The van der Waals surface area contributed by atoms with Gasteiger partial charge in [-0.3, -0.25) is 9.63 Å². The largest absolute Gasteiger partial charge is 0.320 e. The lowest BCUT2D eigenvalue weighted by Gasteiger charge is -2.10. The summed E-state index contributed by atoms with van der Waals surface area (Å²) in [5, 5.41) is 0. The van der Waals surface area contributed by atoms with E-state index in [0.717, 1.165) is 0 Å². The minimum Gasteiger partial charge on any atom is -0.320 e. The molecule has 0 aliphatic heterocycles. The maximum absolute atomic E-state index is 12.8. The molecule has 1 amide bonds. The molecule has 0 radical (unpaired) electrons. The number of benzene rings is 1. The molecule has 0 aromatic heterocycles. The van der Waals surface area contributed by atoms with Gasteiger partial charge in [0.15, 0.2) is 0 Å². The minimum atomic E-state index is -0.744. The van der Waals surface area contributed by atoms with Crippen molar-refractivity contribution in [2.24, 2.45) is 5.73 Å². The number of hydrogen-bond donors (Lipinski definition) is 2. The van der Waals surface area contributed by atoms with Gasteiger partial charge >= 0.3 is 0 Å². The average molecular weight is 212 g/mol. The van der Waals surface area contributed by atoms with Crippen LogP contribution in [0.4, 0.5) is 4.39 Å². The Morgan fingerprint density at radius 2 is 2.40 bits per heavy atom. The Bertz CT molecular complexity index is 344. The van der Waals surface area contributed by atoms with Gasteiger partial charge in [-0.25, -0.2) is 9.87 Å². The summed E-state index contributed by atoms with van der Waals surface area (Å²) in [6.07, 6.45) is 0.271. The summed E-state index contributed by atoms with van der Waals surface area (Å²) in [5.74, 6) is -0.770. The highest BCUT2D eigenvalue weighted by molar-refractivity contribution is 5.80.